The van der Waals surface area contributed by atoms with Crippen LogP contribution in [-0.2, 0) is 4.79 Å². The Morgan fingerprint density at radius 3 is 2.69 bits per heavy atom. The third-order valence-corrected chi connectivity index (χ3v) is 2.07. The Morgan fingerprint density at radius 1 is 1.56 bits per heavy atom. The number of H-pyrrole nitrogens is 1. The summed E-state index contributed by atoms with van der Waals surface area (Å²) >= 11 is 0. The molecule has 0 fully saturated rings. The van der Waals surface area contributed by atoms with Crippen LogP contribution in [0.25, 0.3) is 0 Å². The largest absolute Gasteiger partial charge is 0.480 e. The molecule has 1 heterocycles. The van der Waals surface area contributed by atoms with Gasteiger partial charge < -0.3 is 10.4 Å². The molecular weight excluding hydrogens is 210 g/mol. The van der Waals surface area contributed by atoms with Gasteiger partial charge in [0.05, 0.1) is 11.8 Å². The molecule has 0 bridgehead atoms. The molecule has 3 N–H and O–H groups in total. The Bertz CT molecular complexity index is 359. The molecule has 16 heavy (non-hydrogen) atoms. The summed E-state index contributed by atoms with van der Waals surface area (Å²) in [5.74, 6) is -1.25. The van der Waals surface area contributed by atoms with E-state index in [-0.39, 0.29) is 5.92 Å². The van der Waals surface area contributed by atoms with Crippen molar-refractivity contribution in [2.45, 2.75) is 26.3 Å². The van der Waals surface area contributed by atoms with Gasteiger partial charge in [0.15, 0.2) is 0 Å². The second-order valence-corrected chi connectivity index (χ2v) is 3.98. The third kappa shape index (κ3) is 3.38. The van der Waals surface area contributed by atoms with Crippen LogP contribution in [0.3, 0.4) is 0 Å². The lowest BCUT2D eigenvalue weighted by atomic mass is 10.0. The number of nitrogens with zero attached hydrogens (tertiary/aromatic N) is 1. The SMILES string of the molecule is CC(C)C[C@H](NC(=O)c1cn[nH]c1)C(=O)O. The van der Waals surface area contributed by atoms with Crippen LogP contribution >= 0.6 is 0 Å². The highest BCUT2D eigenvalue weighted by Crippen LogP contribution is 2.06. The van der Waals surface area contributed by atoms with Crippen molar-refractivity contribution >= 4 is 11.9 Å². The molecule has 0 spiro atoms. The molecule has 0 aromatic carbocycles. The minimum atomic E-state index is -1.02. The van der Waals surface area contributed by atoms with E-state index in [0.29, 0.717) is 12.0 Å². The molecule has 0 unspecified atom stereocenters. The number of carbonyl (C=O) groups excluding carboxylic acids is 1. The first-order valence-corrected chi connectivity index (χ1v) is 5.03. The number of aliphatic carboxylic acids is 1. The Balaban J connectivity index is 2.62. The summed E-state index contributed by atoms with van der Waals surface area (Å²) < 4.78 is 0. The molecule has 0 aliphatic heterocycles. The van der Waals surface area contributed by atoms with Crippen LogP contribution in [-0.4, -0.2) is 33.2 Å². The molecule has 0 aliphatic rings. The summed E-state index contributed by atoms with van der Waals surface area (Å²) in [5.41, 5.74) is 0.329. The lowest BCUT2D eigenvalue weighted by Gasteiger charge is -2.15. The van der Waals surface area contributed by atoms with E-state index >= 15 is 0 Å². The number of nitrogens with one attached hydrogen (secondary N) is 2. The van der Waals surface area contributed by atoms with E-state index in [1.54, 1.807) is 0 Å². The first-order chi connectivity index (χ1) is 7.50. The smallest absolute Gasteiger partial charge is 0.326 e. The normalized spacial score (nSPS) is 12.4. The molecule has 0 aliphatic carbocycles. The Labute approximate surface area is 93.1 Å². The van der Waals surface area contributed by atoms with Crippen LogP contribution in [0.4, 0.5) is 0 Å². The number of hydrogen-bond acceptors (Lipinski definition) is 3. The summed E-state index contributed by atoms with van der Waals surface area (Å²) in [6.45, 7) is 3.81. The Hall–Kier alpha value is -1.85. The molecule has 0 radical (unpaired) electrons. The molecule has 1 amide bonds. The lowest BCUT2D eigenvalue weighted by molar-refractivity contribution is -0.139. The number of aromatic nitrogens is 2. The maximum Gasteiger partial charge on any atom is 0.326 e. The predicted octanol–water partition coefficient (Wildman–Crippen LogP) is 0.639. The van der Waals surface area contributed by atoms with Crippen LogP contribution in [0.1, 0.15) is 30.6 Å². The van der Waals surface area contributed by atoms with Gasteiger partial charge in [0, 0.05) is 6.20 Å². The highest BCUT2D eigenvalue weighted by Gasteiger charge is 2.21. The summed E-state index contributed by atoms with van der Waals surface area (Å²) in [5, 5.41) is 17.5. The summed E-state index contributed by atoms with van der Waals surface area (Å²) in [6, 6.07) is -0.859. The number of aromatic amines is 1. The van der Waals surface area contributed by atoms with Crippen molar-refractivity contribution in [3.63, 3.8) is 0 Å². The van der Waals surface area contributed by atoms with Crippen LogP contribution < -0.4 is 5.32 Å². The highest BCUT2D eigenvalue weighted by molar-refractivity contribution is 5.96. The average molecular weight is 225 g/mol. The number of carbonyl (C=O) groups is 2. The molecule has 1 atom stereocenters. The average Bonchev–Trinajstić information content (AvgIpc) is 2.68. The zero-order valence-electron chi connectivity index (χ0n) is 9.23. The second kappa shape index (κ2) is 5.29. The Morgan fingerprint density at radius 2 is 2.25 bits per heavy atom. The molecule has 1 aromatic heterocycles. The molecule has 0 saturated carbocycles. The first kappa shape index (κ1) is 12.2. The monoisotopic (exact) mass is 225 g/mol. The molecule has 1 aromatic rings. The minimum absolute atomic E-state index is 0.200. The number of rotatable bonds is 5. The summed E-state index contributed by atoms with van der Waals surface area (Å²) in [4.78, 5) is 22.5. The van der Waals surface area contributed by atoms with Crippen LogP contribution in [0.5, 0.6) is 0 Å². The van der Waals surface area contributed by atoms with Gasteiger partial charge in [-0.1, -0.05) is 13.8 Å². The van der Waals surface area contributed by atoms with Gasteiger partial charge in [0.2, 0.25) is 0 Å². The zero-order chi connectivity index (χ0) is 12.1. The standard InChI is InChI=1S/C10H15N3O3/c1-6(2)3-8(10(15)16)13-9(14)7-4-11-12-5-7/h4-6,8H,3H2,1-2H3,(H,11,12)(H,13,14)(H,15,16)/t8-/m0/s1. The van der Waals surface area contributed by atoms with E-state index in [4.69, 9.17) is 5.11 Å². The van der Waals surface area contributed by atoms with E-state index in [2.05, 4.69) is 15.5 Å². The minimum Gasteiger partial charge on any atom is -0.480 e. The van der Waals surface area contributed by atoms with E-state index in [1.165, 1.54) is 12.4 Å². The van der Waals surface area contributed by atoms with Crippen molar-refractivity contribution < 1.29 is 14.7 Å². The van der Waals surface area contributed by atoms with Crippen LogP contribution in [0.15, 0.2) is 12.4 Å². The quantitative estimate of drug-likeness (QED) is 0.685. The molecular formula is C10H15N3O3. The molecule has 0 saturated heterocycles. The molecule has 1 rings (SSSR count). The molecule has 88 valence electrons. The van der Waals surface area contributed by atoms with Crippen molar-refractivity contribution in [3.8, 4) is 0 Å². The molecule has 6 nitrogen and oxygen atoms in total. The van der Waals surface area contributed by atoms with Crippen molar-refractivity contribution in [2.75, 3.05) is 0 Å². The van der Waals surface area contributed by atoms with Crippen molar-refractivity contribution in [2.24, 2.45) is 5.92 Å². The summed E-state index contributed by atoms with van der Waals surface area (Å²) in [7, 11) is 0. The van der Waals surface area contributed by atoms with Gasteiger partial charge in [0.25, 0.3) is 5.91 Å². The lowest BCUT2D eigenvalue weighted by Crippen LogP contribution is -2.41. The fourth-order valence-corrected chi connectivity index (χ4v) is 1.31. The van der Waals surface area contributed by atoms with Gasteiger partial charge >= 0.3 is 5.97 Å². The predicted molar refractivity (Wildman–Crippen MR) is 56.9 cm³/mol. The van der Waals surface area contributed by atoms with Gasteiger partial charge in [-0.15, -0.1) is 0 Å². The van der Waals surface area contributed by atoms with Gasteiger partial charge in [-0.3, -0.25) is 9.89 Å². The van der Waals surface area contributed by atoms with Gasteiger partial charge in [0.1, 0.15) is 6.04 Å². The van der Waals surface area contributed by atoms with Gasteiger partial charge in [-0.05, 0) is 12.3 Å². The van der Waals surface area contributed by atoms with E-state index in [1.807, 2.05) is 13.8 Å². The second-order valence-electron chi connectivity index (χ2n) is 3.98. The van der Waals surface area contributed by atoms with E-state index < -0.39 is 17.9 Å². The number of hydrogen-bond donors (Lipinski definition) is 3. The van der Waals surface area contributed by atoms with Crippen molar-refractivity contribution in [1.82, 2.24) is 15.5 Å². The number of carboxylic acids is 1. The first-order valence-electron chi connectivity index (χ1n) is 5.03. The summed E-state index contributed by atoms with van der Waals surface area (Å²) in [6.07, 6.45) is 3.17. The maximum absolute atomic E-state index is 11.6. The number of carboxylic acid groups (broad SMARTS) is 1. The third-order valence-electron chi connectivity index (χ3n) is 2.07. The van der Waals surface area contributed by atoms with E-state index in [9.17, 15) is 9.59 Å². The number of amides is 1. The Kier molecular flexibility index (Phi) is 4.04. The van der Waals surface area contributed by atoms with Gasteiger partial charge in [-0.2, -0.15) is 5.10 Å². The van der Waals surface area contributed by atoms with Crippen molar-refractivity contribution in [1.29, 1.82) is 0 Å². The fourth-order valence-electron chi connectivity index (χ4n) is 1.31. The fraction of sp³-hybridized carbons (Fsp3) is 0.500. The molecule has 6 heteroatoms. The topological polar surface area (TPSA) is 95.1 Å². The van der Waals surface area contributed by atoms with Crippen LogP contribution in [0, 0.1) is 5.92 Å². The zero-order valence-corrected chi connectivity index (χ0v) is 9.23. The highest BCUT2D eigenvalue weighted by atomic mass is 16.4. The van der Waals surface area contributed by atoms with Crippen molar-refractivity contribution in [3.05, 3.63) is 18.0 Å². The maximum atomic E-state index is 11.6. The van der Waals surface area contributed by atoms with Crippen LogP contribution in [0.2, 0.25) is 0 Å². The van der Waals surface area contributed by atoms with Gasteiger partial charge in [-0.25, -0.2) is 4.79 Å². The van der Waals surface area contributed by atoms with E-state index in [0.717, 1.165) is 0 Å².